The van der Waals surface area contributed by atoms with E-state index in [2.05, 4.69) is 20.9 Å². The van der Waals surface area contributed by atoms with Crippen LogP contribution in [-0.4, -0.2) is 94.7 Å². The summed E-state index contributed by atoms with van der Waals surface area (Å²) in [6.45, 7) is 2.58. The molecular formula is C37H42N6O6. The molecule has 12 nitrogen and oxygen atoms in total. The fourth-order valence-corrected chi connectivity index (χ4v) is 6.61. The number of rotatable bonds is 5. The molecule has 3 N–H and O–H groups in total. The molecular weight excluding hydrogens is 624 g/mol. The Morgan fingerprint density at radius 1 is 0.898 bits per heavy atom. The lowest BCUT2D eigenvalue weighted by Gasteiger charge is -2.41. The molecule has 7 rings (SSSR count). The van der Waals surface area contributed by atoms with E-state index in [1.54, 1.807) is 42.3 Å². The zero-order chi connectivity index (χ0) is 34.3. The number of carbonyl (C=O) groups is 5. The molecule has 5 heterocycles. The van der Waals surface area contributed by atoms with Crippen LogP contribution in [0, 0.1) is 0 Å². The van der Waals surface area contributed by atoms with Gasteiger partial charge < -0.3 is 30.5 Å². The third-order valence-electron chi connectivity index (χ3n) is 9.44. The highest BCUT2D eigenvalue weighted by Crippen LogP contribution is 2.27. The number of hydrogen-bond donors (Lipinski definition) is 3. The van der Waals surface area contributed by atoms with Gasteiger partial charge in [0.1, 0.15) is 29.9 Å². The highest BCUT2D eigenvalue weighted by Gasteiger charge is 2.40. The van der Waals surface area contributed by atoms with Gasteiger partial charge >= 0.3 is 0 Å². The minimum absolute atomic E-state index is 0.117. The highest BCUT2D eigenvalue weighted by atomic mass is 16.5. The van der Waals surface area contributed by atoms with Crippen LogP contribution >= 0.6 is 0 Å². The van der Waals surface area contributed by atoms with Crippen LogP contribution in [0.25, 0.3) is 0 Å². The van der Waals surface area contributed by atoms with Gasteiger partial charge in [-0.2, -0.15) is 0 Å². The Kier molecular flexibility index (Phi) is 10.5. The Morgan fingerprint density at radius 3 is 2.39 bits per heavy atom. The summed E-state index contributed by atoms with van der Waals surface area (Å²) >= 11 is 0. The Labute approximate surface area is 285 Å². The first-order valence-corrected chi connectivity index (χ1v) is 16.9. The van der Waals surface area contributed by atoms with Crippen LogP contribution in [0.4, 0.5) is 0 Å². The van der Waals surface area contributed by atoms with Crippen molar-refractivity contribution in [3.63, 3.8) is 0 Å². The molecule has 12 heteroatoms. The van der Waals surface area contributed by atoms with Gasteiger partial charge in [-0.25, -0.2) is 0 Å². The monoisotopic (exact) mass is 666 g/mol. The second kappa shape index (κ2) is 15.3. The van der Waals surface area contributed by atoms with Crippen molar-refractivity contribution in [3.8, 4) is 5.75 Å². The molecule has 2 bridgehead atoms. The van der Waals surface area contributed by atoms with Gasteiger partial charge in [0.25, 0.3) is 5.91 Å². The van der Waals surface area contributed by atoms with E-state index < -0.39 is 41.9 Å². The maximum Gasteiger partial charge on any atom is 0.258 e. The Morgan fingerprint density at radius 2 is 1.65 bits per heavy atom. The number of likely N-dealkylation sites (tertiary alicyclic amines) is 1. The van der Waals surface area contributed by atoms with Gasteiger partial charge in [-0.1, -0.05) is 48.5 Å². The number of benzene rings is 2. The third kappa shape index (κ3) is 8.25. The van der Waals surface area contributed by atoms with Crippen LogP contribution in [-0.2, 0) is 36.8 Å². The van der Waals surface area contributed by atoms with Gasteiger partial charge in [0, 0.05) is 43.9 Å². The zero-order valence-electron chi connectivity index (χ0n) is 27.5. The number of carbonyl (C=O) groups excluding carboxylic acids is 5. The molecule has 2 fully saturated rings. The van der Waals surface area contributed by atoms with Crippen molar-refractivity contribution >= 4 is 29.5 Å². The van der Waals surface area contributed by atoms with E-state index >= 15 is 0 Å². The van der Waals surface area contributed by atoms with E-state index in [0.29, 0.717) is 51.1 Å². The van der Waals surface area contributed by atoms with Gasteiger partial charge in [0.2, 0.25) is 23.6 Å². The van der Waals surface area contributed by atoms with Crippen LogP contribution in [0.15, 0.2) is 79.0 Å². The molecule has 2 saturated heterocycles. The van der Waals surface area contributed by atoms with Crippen molar-refractivity contribution < 1.29 is 28.7 Å². The molecule has 4 aliphatic heterocycles. The van der Waals surface area contributed by atoms with E-state index in [0.717, 1.165) is 16.8 Å². The van der Waals surface area contributed by atoms with Crippen molar-refractivity contribution in [1.29, 1.82) is 0 Å². The van der Waals surface area contributed by atoms with Crippen LogP contribution in [0.3, 0.4) is 0 Å². The summed E-state index contributed by atoms with van der Waals surface area (Å²) in [7, 11) is 0. The summed E-state index contributed by atoms with van der Waals surface area (Å²) in [6.07, 6.45) is 3.85. The summed E-state index contributed by atoms with van der Waals surface area (Å²) in [5.41, 5.74) is 2.71. The quantitative estimate of drug-likeness (QED) is 0.376. The van der Waals surface area contributed by atoms with E-state index in [1.807, 2.05) is 48.5 Å². The number of pyridine rings is 1. The molecule has 49 heavy (non-hydrogen) atoms. The Balaban J connectivity index is 1.20. The number of nitrogens with one attached hydrogen (secondary N) is 3. The summed E-state index contributed by atoms with van der Waals surface area (Å²) < 4.78 is 5.76. The fraction of sp³-hybridized carbons (Fsp3) is 0.405. The lowest BCUT2D eigenvalue weighted by molar-refractivity contribution is -0.143. The summed E-state index contributed by atoms with van der Waals surface area (Å²) in [6, 6.07) is 18.8. The van der Waals surface area contributed by atoms with Crippen molar-refractivity contribution in [2.45, 2.75) is 69.1 Å². The van der Waals surface area contributed by atoms with E-state index in [4.69, 9.17) is 4.74 Å². The van der Waals surface area contributed by atoms with Crippen LogP contribution in [0.1, 0.15) is 48.9 Å². The predicted octanol–water partition coefficient (Wildman–Crippen LogP) is 1.74. The van der Waals surface area contributed by atoms with Gasteiger partial charge in [0.15, 0.2) is 6.61 Å². The first-order chi connectivity index (χ1) is 23.7. The van der Waals surface area contributed by atoms with E-state index in [-0.39, 0.29) is 30.8 Å². The number of aryl methyl sites for hydroxylation is 1. The van der Waals surface area contributed by atoms with Gasteiger partial charge in [-0.15, -0.1) is 0 Å². The number of ether oxygens (including phenoxy) is 1. The predicted molar refractivity (Wildman–Crippen MR) is 180 cm³/mol. The lowest BCUT2D eigenvalue weighted by atomic mass is 9.93. The maximum atomic E-state index is 13.9. The standard InChI is InChI=1S/C37H42N6O6/c1-24-34(45)41-31(36(47)42-21-27(22-42)29-10-5-6-18-38-29)20-26-12-15-28(16-13-26)49-23-33(44)40-30(17-14-25-8-3-2-4-9-25)37(48)43-19-7-11-32(43)35(46)39-24/h2-6,8-10,12-13,15-16,18,24,27,30-32H,7,11,14,17,19-23H2,1H3,(H,39,46)(H,40,44)(H,41,45)/t24-,30-,31-,32-/m0/s1. The molecule has 0 unspecified atom stereocenters. The Bertz CT molecular complexity index is 1650. The molecule has 5 amide bonds. The second-order valence-electron chi connectivity index (χ2n) is 13.0. The largest absolute Gasteiger partial charge is 0.484 e. The first-order valence-electron chi connectivity index (χ1n) is 16.9. The zero-order valence-corrected chi connectivity index (χ0v) is 27.5. The van der Waals surface area contributed by atoms with E-state index in [1.165, 1.54) is 4.90 Å². The molecule has 2 aromatic carbocycles. The minimum Gasteiger partial charge on any atom is -0.484 e. The molecule has 4 aliphatic rings. The normalized spacial score (nSPS) is 23.9. The molecule has 1 aromatic heterocycles. The first kappa shape index (κ1) is 33.6. The van der Waals surface area contributed by atoms with Crippen molar-refractivity contribution in [3.05, 3.63) is 95.8 Å². The number of hydrogen-bond acceptors (Lipinski definition) is 7. The Hall–Kier alpha value is -5.26. The lowest BCUT2D eigenvalue weighted by Crippen LogP contribution is -2.59. The summed E-state index contributed by atoms with van der Waals surface area (Å²) in [4.78, 5) is 75.4. The molecule has 4 atom stereocenters. The average molecular weight is 667 g/mol. The summed E-state index contributed by atoms with van der Waals surface area (Å²) in [5.74, 6) is -1.44. The van der Waals surface area contributed by atoms with Crippen LogP contribution in [0.5, 0.6) is 5.75 Å². The molecule has 0 radical (unpaired) electrons. The fourth-order valence-electron chi connectivity index (χ4n) is 6.61. The number of fused-ring (bicyclic) bond motifs is 13. The third-order valence-corrected chi connectivity index (χ3v) is 9.44. The van der Waals surface area contributed by atoms with Gasteiger partial charge in [-0.3, -0.25) is 29.0 Å². The molecule has 3 aromatic rings. The van der Waals surface area contributed by atoms with E-state index in [9.17, 15) is 24.0 Å². The minimum atomic E-state index is -0.968. The van der Waals surface area contributed by atoms with Gasteiger partial charge in [-0.05, 0) is 68.0 Å². The molecule has 0 aliphatic carbocycles. The SMILES string of the molecule is C[C@@H]1NC(=O)[C@@H]2CCCN2C(=O)[C@H](CCc2ccccc2)NC(=O)COc2ccc(cc2)C[C@@H](C(=O)N2CC(c3ccccn3)C2)NC1=O. The van der Waals surface area contributed by atoms with Crippen molar-refractivity contribution in [1.82, 2.24) is 30.7 Å². The number of amides is 5. The number of nitrogens with zero attached hydrogens (tertiary/aromatic N) is 3. The highest BCUT2D eigenvalue weighted by molar-refractivity contribution is 5.96. The molecule has 0 saturated carbocycles. The molecule has 0 spiro atoms. The summed E-state index contributed by atoms with van der Waals surface area (Å²) in [5, 5.41) is 8.49. The number of aromatic nitrogens is 1. The van der Waals surface area contributed by atoms with Crippen molar-refractivity contribution in [2.24, 2.45) is 0 Å². The van der Waals surface area contributed by atoms with Crippen molar-refractivity contribution in [2.75, 3.05) is 26.2 Å². The average Bonchev–Trinajstić information content (AvgIpc) is 3.59. The molecule has 256 valence electrons. The second-order valence-corrected chi connectivity index (χ2v) is 13.0. The van der Waals surface area contributed by atoms with Crippen LogP contribution < -0.4 is 20.7 Å². The van der Waals surface area contributed by atoms with Crippen LogP contribution in [0.2, 0.25) is 0 Å². The maximum absolute atomic E-state index is 13.9. The smallest absolute Gasteiger partial charge is 0.258 e. The topological polar surface area (TPSA) is 150 Å². The van der Waals surface area contributed by atoms with Gasteiger partial charge in [0.05, 0.1) is 0 Å².